The van der Waals surface area contributed by atoms with Crippen LogP contribution in [0.3, 0.4) is 0 Å². The number of unbranched alkanes of at least 4 members (excludes halogenated alkanes) is 2. The monoisotopic (exact) mass is 521 g/mol. The van der Waals surface area contributed by atoms with Gasteiger partial charge < -0.3 is 24.2 Å². The number of benzene rings is 1. The number of fused-ring (bicyclic) bond motifs is 1. The normalized spacial score (nSPS) is 16.9. The third-order valence-corrected chi connectivity index (χ3v) is 6.59. The molecule has 9 heteroatoms. The summed E-state index contributed by atoms with van der Waals surface area (Å²) in [7, 11) is 1.53. The molecule has 3 heterocycles. The second-order valence-electron chi connectivity index (χ2n) is 9.15. The lowest BCUT2D eigenvalue weighted by atomic mass is 9.96. The molecule has 2 aromatic heterocycles. The van der Waals surface area contributed by atoms with E-state index in [9.17, 15) is 14.7 Å². The van der Waals surface area contributed by atoms with Crippen molar-refractivity contribution in [2.45, 2.75) is 46.1 Å². The van der Waals surface area contributed by atoms with E-state index in [1.54, 1.807) is 29.7 Å². The molecule has 38 heavy (non-hydrogen) atoms. The summed E-state index contributed by atoms with van der Waals surface area (Å²) in [6.07, 6.45) is 4.85. The number of carbonyl (C=O) groups excluding carboxylic acids is 2. The maximum Gasteiger partial charge on any atom is 0.295 e. The van der Waals surface area contributed by atoms with E-state index in [4.69, 9.17) is 14.2 Å². The molecule has 0 bridgehead atoms. The number of aryl methyl sites for hydroxylation is 1. The second kappa shape index (κ2) is 12.1. The van der Waals surface area contributed by atoms with E-state index in [0.717, 1.165) is 19.3 Å². The highest BCUT2D eigenvalue weighted by molar-refractivity contribution is 6.46. The Morgan fingerprint density at radius 3 is 2.61 bits per heavy atom. The van der Waals surface area contributed by atoms with Crippen molar-refractivity contribution in [1.29, 1.82) is 0 Å². The first-order chi connectivity index (χ1) is 18.4. The number of aromatic nitrogens is 2. The average molecular weight is 522 g/mol. The number of imidazole rings is 1. The van der Waals surface area contributed by atoms with Gasteiger partial charge in [-0.2, -0.15) is 0 Å². The molecule has 202 valence electrons. The minimum absolute atomic E-state index is 0.00100. The van der Waals surface area contributed by atoms with Crippen molar-refractivity contribution in [3.63, 3.8) is 0 Å². The van der Waals surface area contributed by atoms with Crippen molar-refractivity contribution >= 4 is 23.1 Å². The zero-order valence-corrected chi connectivity index (χ0v) is 22.4. The van der Waals surface area contributed by atoms with Crippen LogP contribution in [0.4, 0.5) is 0 Å². The van der Waals surface area contributed by atoms with Gasteiger partial charge in [-0.25, -0.2) is 4.98 Å². The van der Waals surface area contributed by atoms with Gasteiger partial charge in [0, 0.05) is 19.9 Å². The summed E-state index contributed by atoms with van der Waals surface area (Å²) < 4.78 is 18.8. The number of nitrogens with zero attached hydrogens (tertiary/aromatic N) is 3. The average Bonchev–Trinajstić information content (AvgIpc) is 3.38. The Hall–Kier alpha value is -3.85. The SMILES string of the molecule is CCCCCOc1ccc(C2C(=C(O)c3c(C)nc4ccccn34)C(=O)C(=O)N2CCOC)cc1OCC. The van der Waals surface area contributed by atoms with Crippen LogP contribution in [0.2, 0.25) is 0 Å². The number of ketones is 1. The molecule has 1 unspecified atom stereocenters. The fourth-order valence-corrected chi connectivity index (χ4v) is 4.79. The molecule has 0 saturated carbocycles. The van der Waals surface area contributed by atoms with Crippen LogP contribution >= 0.6 is 0 Å². The molecular weight excluding hydrogens is 486 g/mol. The Morgan fingerprint density at radius 1 is 1.05 bits per heavy atom. The molecule has 1 atom stereocenters. The summed E-state index contributed by atoms with van der Waals surface area (Å²) in [5.41, 5.74) is 2.16. The van der Waals surface area contributed by atoms with E-state index in [0.29, 0.717) is 47.3 Å². The predicted molar refractivity (Wildman–Crippen MR) is 143 cm³/mol. The number of amides is 1. The number of rotatable bonds is 12. The van der Waals surface area contributed by atoms with E-state index in [2.05, 4.69) is 11.9 Å². The van der Waals surface area contributed by atoms with Gasteiger partial charge in [0.25, 0.3) is 11.7 Å². The summed E-state index contributed by atoms with van der Waals surface area (Å²) in [5, 5.41) is 11.6. The lowest BCUT2D eigenvalue weighted by Crippen LogP contribution is -2.32. The maximum atomic E-state index is 13.4. The summed E-state index contributed by atoms with van der Waals surface area (Å²) in [4.78, 5) is 32.5. The Bertz CT molecular complexity index is 1350. The first-order valence-electron chi connectivity index (χ1n) is 13.0. The zero-order chi connectivity index (χ0) is 27.2. The first-order valence-corrected chi connectivity index (χ1v) is 13.0. The molecule has 9 nitrogen and oxygen atoms in total. The molecular formula is C29H35N3O6. The van der Waals surface area contributed by atoms with Crippen LogP contribution in [0.25, 0.3) is 11.4 Å². The highest BCUT2D eigenvalue weighted by atomic mass is 16.5. The van der Waals surface area contributed by atoms with Crippen LogP contribution in [-0.2, 0) is 14.3 Å². The fraction of sp³-hybridized carbons (Fsp3) is 0.414. The Balaban J connectivity index is 1.84. The van der Waals surface area contributed by atoms with Crippen molar-refractivity contribution in [2.75, 3.05) is 33.5 Å². The smallest absolute Gasteiger partial charge is 0.295 e. The van der Waals surface area contributed by atoms with Crippen LogP contribution in [-0.4, -0.2) is 64.6 Å². The summed E-state index contributed by atoms with van der Waals surface area (Å²) in [6, 6.07) is 10.0. The molecule has 1 aliphatic heterocycles. The van der Waals surface area contributed by atoms with Gasteiger partial charge in [-0.15, -0.1) is 0 Å². The van der Waals surface area contributed by atoms with E-state index in [1.807, 2.05) is 31.2 Å². The summed E-state index contributed by atoms with van der Waals surface area (Å²) in [5.74, 6) is -0.616. The number of hydrogen-bond donors (Lipinski definition) is 1. The zero-order valence-electron chi connectivity index (χ0n) is 22.4. The largest absolute Gasteiger partial charge is 0.505 e. The summed E-state index contributed by atoms with van der Waals surface area (Å²) >= 11 is 0. The van der Waals surface area contributed by atoms with E-state index in [1.165, 1.54) is 12.0 Å². The van der Waals surface area contributed by atoms with Crippen LogP contribution in [0.5, 0.6) is 11.5 Å². The topological polar surface area (TPSA) is 103 Å². The predicted octanol–water partition coefficient (Wildman–Crippen LogP) is 4.68. The third kappa shape index (κ3) is 5.24. The van der Waals surface area contributed by atoms with Crippen molar-refractivity contribution in [2.24, 2.45) is 0 Å². The highest BCUT2D eigenvalue weighted by Gasteiger charge is 2.46. The Labute approximate surface area is 222 Å². The fourth-order valence-electron chi connectivity index (χ4n) is 4.79. The molecule has 0 spiro atoms. The molecule has 1 aliphatic rings. The van der Waals surface area contributed by atoms with Gasteiger partial charge in [0.1, 0.15) is 11.3 Å². The first kappa shape index (κ1) is 27.2. The summed E-state index contributed by atoms with van der Waals surface area (Å²) in [6.45, 7) is 7.16. The number of methoxy groups -OCH3 is 1. The highest BCUT2D eigenvalue weighted by Crippen LogP contribution is 2.42. The van der Waals surface area contributed by atoms with Crippen molar-refractivity contribution in [1.82, 2.24) is 14.3 Å². The van der Waals surface area contributed by atoms with Crippen LogP contribution in [0, 0.1) is 6.92 Å². The Kier molecular flexibility index (Phi) is 8.68. The molecule has 1 saturated heterocycles. The number of aliphatic hydroxyl groups excluding tert-OH is 1. The Morgan fingerprint density at radius 2 is 1.87 bits per heavy atom. The second-order valence-corrected chi connectivity index (χ2v) is 9.15. The minimum Gasteiger partial charge on any atom is -0.505 e. The molecule has 1 N–H and O–H groups in total. The standard InChI is InChI=1S/C29H35N3O6/c1-5-7-10-16-38-21-13-12-20(18-22(21)37-6-2)26-24(28(34)29(35)32(26)15-17-36-4)27(33)25-19(3)30-23-11-8-9-14-31(23)25/h8-9,11-14,18,26,33H,5-7,10,15-17H2,1-4H3. The van der Waals surface area contributed by atoms with Gasteiger partial charge >= 0.3 is 0 Å². The quantitative estimate of drug-likeness (QED) is 0.160. The number of aliphatic hydroxyl groups is 1. The van der Waals surface area contributed by atoms with Crippen LogP contribution in [0.1, 0.15) is 56.1 Å². The van der Waals surface area contributed by atoms with Gasteiger partial charge in [-0.1, -0.05) is 31.9 Å². The van der Waals surface area contributed by atoms with E-state index < -0.39 is 17.7 Å². The number of likely N-dealkylation sites (tertiary alicyclic amines) is 1. The van der Waals surface area contributed by atoms with Crippen molar-refractivity contribution in [3.8, 4) is 11.5 Å². The molecule has 1 fully saturated rings. The number of hydrogen-bond acceptors (Lipinski definition) is 7. The van der Waals surface area contributed by atoms with E-state index in [-0.39, 0.29) is 24.5 Å². The van der Waals surface area contributed by atoms with Crippen molar-refractivity contribution < 1.29 is 28.9 Å². The minimum atomic E-state index is -0.841. The molecule has 3 aromatic rings. The van der Waals surface area contributed by atoms with E-state index >= 15 is 0 Å². The lowest BCUT2D eigenvalue weighted by molar-refractivity contribution is -0.140. The molecule has 4 rings (SSSR count). The molecule has 0 radical (unpaired) electrons. The number of ether oxygens (including phenoxy) is 3. The van der Waals surface area contributed by atoms with Gasteiger partial charge in [-0.3, -0.25) is 14.0 Å². The van der Waals surface area contributed by atoms with Crippen molar-refractivity contribution in [3.05, 3.63) is 65.1 Å². The maximum absolute atomic E-state index is 13.4. The number of Topliss-reactive ketones (excluding diaryl/α,β-unsaturated/α-hetero) is 1. The van der Waals surface area contributed by atoms with Gasteiger partial charge in [0.2, 0.25) is 0 Å². The lowest BCUT2D eigenvalue weighted by Gasteiger charge is -2.26. The molecule has 0 aliphatic carbocycles. The van der Waals surface area contributed by atoms with Crippen LogP contribution < -0.4 is 9.47 Å². The van der Waals surface area contributed by atoms with Crippen LogP contribution in [0.15, 0.2) is 48.2 Å². The van der Waals surface area contributed by atoms with Gasteiger partial charge in [-0.05, 0) is 50.1 Å². The van der Waals surface area contributed by atoms with Gasteiger partial charge in [0.05, 0.1) is 37.1 Å². The molecule has 1 amide bonds. The number of pyridine rings is 1. The number of carbonyl (C=O) groups is 2. The molecule has 1 aromatic carbocycles. The van der Waals surface area contributed by atoms with Gasteiger partial charge in [0.15, 0.2) is 17.3 Å². The third-order valence-electron chi connectivity index (χ3n) is 6.59.